The van der Waals surface area contributed by atoms with Gasteiger partial charge < -0.3 is 4.74 Å². The van der Waals surface area contributed by atoms with Crippen LogP contribution >= 0.6 is 0 Å². The molecule has 154 valence electrons. The molecule has 0 heterocycles. The molecular weight excluding hydrogens is 332 g/mol. The van der Waals surface area contributed by atoms with Crippen LogP contribution in [0.1, 0.15) is 114 Å². The van der Waals surface area contributed by atoms with Crippen LogP contribution in [0.5, 0.6) is 0 Å². The van der Waals surface area contributed by atoms with E-state index in [1.165, 1.54) is 77.0 Å². The maximum Gasteiger partial charge on any atom is 0.338 e. The molecule has 2 nitrogen and oxygen atoms in total. The van der Waals surface area contributed by atoms with Crippen molar-refractivity contribution in [1.82, 2.24) is 0 Å². The number of aryl methyl sites for hydroxylation is 1. The lowest BCUT2D eigenvalue weighted by atomic mass is 9.95. The van der Waals surface area contributed by atoms with Crippen LogP contribution < -0.4 is 0 Å². The van der Waals surface area contributed by atoms with Crippen molar-refractivity contribution in [3.8, 4) is 0 Å². The molecule has 1 rings (SSSR count). The van der Waals surface area contributed by atoms with Crippen LogP contribution in [0.4, 0.5) is 0 Å². The number of esters is 1. The van der Waals surface area contributed by atoms with E-state index in [2.05, 4.69) is 20.8 Å². The molecule has 2 heteroatoms. The Morgan fingerprint density at radius 3 is 2.00 bits per heavy atom. The summed E-state index contributed by atoms with van der Waals surface area (Å²) in [5, 5.41) is 0. The molecule has 0 saturated heterocycles. The van der Waals surface area contributed by atoms with Crippen molar-refractivity contribution in [3.05, 3.63) is 35.4 Å². The van der Waals surface area contributed by atoms with Crippen molar-refractivity contribution >= 4 is 5.97 Å². The van der Waals surface area contributed by atoms with Crippen molar-refractivity contribution in [2.75, 3.05) is 6.61 Å². The summed E-state index contributed by atoms with van der Waals surface area (Å²) in [5.41, 5.74) is 1.82. The van der Waals surface area contributed by atoms with Gasteiger partial charge in [-0.05, 0) is 36.8 Å². The SMILES string of the molecule is CCCCCCCCC(CCCCCC)COC(=O)c1ccccc1CC. The molecule has 0 aliphatic carbocycles. The molecule has 0 N–H and O–H groups in total. The number of hydrogen-bond acceptors (Lipinski definition) is 2. The summed E-state index contributed by atoms with van der Waals surface area (Å²) in [6.45, 7) is 7.18. The van der Waals surface area contributed by atoms with Crippen LogP contribution in [0.25, 0.3) is 0 Å². The summed E-state index contributed by atoms with van der Waals surface area (Å²) in [7, 11) is 0. The van der Waals surface area contributed by atoms with Gasteiger partial charge in [0.25, 0.3) is 0 Å². The van der Waals surface area contributed by atoms with Crippen molar-refractivity contribution < 1.29 is 9.53 Å². The number of unbranched alkanes of at least 4 members (excludes halogenated alkanes) is 8. The van der Waals surface area contributed by atoms with E-state index < -0.39 is 0 Å². The van der Waals surface area contributed by atoms with Crippen molar-refractivity contribution in [2.45, 2.75) is 104 Å². The summed E-state index contributed by atoms with van der Waals surface area (Å²) in [5.74, 6) is 0.375. The molecule has 0 fully saturated rings. The summed E-state index contributed by atoms with van der Waals surface area (Å²) in [4.78, 5) is 12.5. The molecular formula is C25H42O2. The van der Waals surface area contributed by atoms with Gasteiger partial charge in [0, 0.05) is 0 Å². The second kappa shape index (κ2) is 15.7. The van der Waals surface area contributed by atoms with Crippen molar-refractivity contribution in [2.24, 2.45) is 5.92 Å². The van der Waals surface area contributed by atoms with Gasteiger partial charge in [0.15, 0.2) is 0 Å². The van der Waals surface area contributed by atoms with E-state index in [9.17, 15) is 4.79 Å². The number of benzene rings is 1. The molecule has 0 aliphatic heterocycles. The minimum absolute atomic E-state index is 0.144. The minimum atomic E-state index is -0.144. The third-order valence-electron chi connectivity index (χ3n) is 5.50. The lowest BCUT2D eigenvalue weighted by molar-refractivity contribution is 0.0421. The molecule has 0 aromatic heterocycles. The van der Waals surface area contributed by atoms with Crippen LogP contribution in [0.2, 0.25) is 0 Å². The maximum atomic E-state index is 12.5. The predicted octanol–water partition coefficient (Wildman–Crippen LogP) is 7.74. The molecule has 0 spiro atoms. The molecule has 27 heavy (non-hydrogen) atoms. The monoisotopic (exact) mass is 374 g/mol. The third kappa shape index (κ3) is 10.6. The normalized spacial score (nSPS) is 12.1. The van der Waals surface area contributed by atoms with E-state index in [1.54, 1.807) is 0 Å². The van der Waals surface area contributed by atoms with Crippen LogP contribution in [-0.2, 0) is 11.2 Å². The third-order valence-corrected chi connectivity index (χ3v) is 5.50. The molecule has 0 bridgehead atoms. The topological polar surface area (TPSA) is 26.3 Å². The van der Waals surface area contributed by atoms with Crippen molar-refractivity contribution in [3.63, 3.8) is 0 Å². The van der Waals surface area contributed by atoms with E-state index in [0.29, 0.717) is 12.5 Å². The number of rotatable bonds is 16. The summed E-state index contributed by atoms with van der Waals surface area (Å²) < 4.78 is 5.75. The molecule has 0 aliphatic rings. The first-order valence-electron chi connectivity index (χ1n) is 11.5. The molecule has 1 aromatic rings. The van der Waals surface area contributed by atoms with E-state index in [-0.39, 0.29) is 5.97 Å². The van der Waals surface area contributed by atoms with Gasteiger partial charge in [0.05, 0.1) is 12.2 Å². The molecule has 1 unspecified atom stereocenters. The highest BCUT2D eigenvalue weighted by atomic mass is 16.5. The van der Waals surface area contributed by atoms with Gasteiger partial charge in [-0.3, -0.25) is 0 Å². The zero-order chi connectivity index (χ0) is 19.7. The summed E-state index contributed by atoms with van der Waals surface area (Å²) in [6, 6.07) is 7.83. The molecule has 0 saturated carbocycles. The quantitative estimate of drug-likeness (QED) is 0.218. The van der Waals surface area contributed by atoms with Crippen molar-refractivity contribution in [1.29, 1.82) is 0 Å². The Bertz CT molecular complexity index is 495. The zero-order valence-corrected chi connectivity index (χ0v) is 18.1. The Kier molecular flexibility index (Phi) is 13.8. The van der Waals surface area contributed by atoms with Crippen LogP contribution in [0, 0.1) is 5.92 Å². The van der Waals surface area contributed by atoms with Gasteiger partial charge in [-0.2, -0.15) is 0 Å². The second-order valence-corrected chi connectivity index (χ2v) is 7.88. The highest BCUT2D eigenvalue weighted by Gasteiger charge is 2.15. The lowest BCUT2D eigenvalue weighted by Gasteiger charge is -2.18. The summed E-state index contributed by atoms with van der Waals surface area (Å²) >= 11 is 0. The van der Waals surface area contributed by atoms with Gasteiger partial charge in [-0.15, -0.1) is 0 Å². The first kappa shape index (κ1) is 23.7. The average Bonchev–Trinajstić information content (AvgIpc) is 2.70. The van der Waals surface area contributed by atoms with Gasteiger partial charge in [0.1, 0.15) is 0 Å². The fraction of sp³-hybridized carbons (Fsp3) is 0.720. The Hall–Kier alpha value is -1.31. The Balaban J connectivity index is 2.44. The molecule has 1 atom stereocenters. The van der Waals surface area contributed by atoms with Gasteiger partial charge in [-0.25, -0.2) is 4.79 Å². The Morgan fingerprint density at radius 1 is 0.815 bits per heavy atom. The zero-order valence-electron chi connectivity index (χ0n) is 18.1. The first-order chi connectivity index (χ1) is 13.2. The first-order valence-corrected chi connectivity index (χ1v) is 11.5. The minimum Gasteiger partial charge on any atom is -0.462 e. The predicted molar refractivity (Wildman–Crippen MR) is 116 cm³/mol. The fourth-order valence-corrected chi connectivity index (χ4v) is 3.68. The average molecular weight is 375 g/mol. The lowest BCUT2D eigenvalue weighted by Crippen LogP contribution is -2.16. The number of hydrogen-bond donors (Lipinski definition) is 0. The van der Waals surface area contributed by atoms with Crippen LogP contribution in [0.3, 0.4) is 0 Å². The van der Waals surface area contributed by atoms with Crippen LogP contribution in [-0.4, -0.2) is 12.6 Å². The Labute approximate surface area is 168 Å². The maximum absolute atomic E-state index is 12.5. The number of ether oxygens (including phenoxy) is 1. The highest BCUT2D eigenvalue weighted by molar-refractivity contribution is 5.91. The molecule has 0 radical (unpaired) electrons. The van der Waals surface area contributed by atoms with Crippen LogP contribution in [0.15, 0.2) is 24.3 Å². The standard InChI is InChI=1S/C25H42O2/c1-4-7-9-11-12-14-18-22(17-13-10-8-5-2)21-27-25(26)24-20-16-15-19-23(24)6-3/h15-16,19-20,22H,4-14,17-18,21H2,1-3H3. The second-order valence-electron chi connectivity index (χ2n) is 7.88. The summed E-state index contributed by atoms with van der Waals surface area (Å²) in [6.07, 6.45) is 16.3. The Morgan fingerprint density at radius 2 is 1.37 bits per heavy atom. The largest absolute Gasteiger partial charge is 0.462 e. The van der Waals surface area contributed by atoms with Gasteiger partial charge >= 0.3 is 5.97 Å². The smallest absolute Gasteiger partial charge is 0.338 e. The highest BCUT2D eigenvalue weighted by Crippen LogP contribution is 2.20. The number of carbonyl (C=O) groups is 1. The molecule has 0 amide bonds. The molecule has 1 aromatic carbocycles. The van der Waals surface area contributed by atoms with E-state index in [4.69, 9.17) is 4.74 Å². The van der Waals surface area contributed by atoms with Gasteiger partial charge in [0.2, 0.25) is 0 Å². The van der Waals surface area contributed by atoms with E-state index in [0.717, 1.165) is 17.5 Å². The van der Waals surface area contributed by atoms with E-state index >= 15 is 0 Å². The van der Waals surface area contributed by atoms with E-state index in [1.807, 2.05) is 24.3 Å². The number of carbonyl (C=O) groups excluding carboxylic acids is 1. The fourth-order valence-electron chi connectivity index (χ4n) is 3.68. The van der Waals surface area contributed by atoms with Gasteiger partial charge in [-0.1, -0.05) is 103 Å².